The quantitative estimate of drug-likeness (QED) is 0.0420. The molecule has 0 heterocycles. The Morgan fingerprint density at radius 3 is 1.05 bits per heavy atom. The second-order valence-electron chi connectivity index (χ2n) is 18.3. The van der Waals surface area contributed by atoms with Gasteiger partial charge in [-0.3, -0.25) is 9.59 Å². The lowest BCUT2D eigenvalue weighted by Gasteiger charge is -2.24. The van der Waals surface area contributed by atoms with Gasteiger partial charge in [0.05, 0.1) is 25.2 Å². The number of carbonyl (C=O) groups is 2. The molecule has 1 amide bonds. The normalized spacial score (nSPS) is 13.1. The van der Waals surface area contributed by atoms with Crippen LogP contribution in [0.2, 0.25) is 0 Å². The summed E-state index contributed by atoms with van der Waals surface area (Å²) in [7, 11) is 0. The van der Waals surface area contributed by atoms with Gasteiger partial charge in [0, 0.05) is 6.42 Å². The second-order valence-corrected chi connectivity index (χ2v) is 18.3. The van der Waals surface area contributed by atoms with Gasteiger partial charge < -0.3 is 20.3 Å². The fourth-order valence-corrected chi connectivity index (χ4v) is 8.43. The van der Waals surface area contributed by atoms with E-state index in [1.165, 1.54) is 205 Å². The monoisotopic (exact) mass is 822 g/mol. The number of ether oxygens (including phenoxy) is 1. The van der Waals surface area contributed by atoms with Gasteiger partial charge in [0.2, 0.25) is 5.91 Å². The van der Waals surface area contributed by atoms with Crippen LogP contribution in [0.15, 0.2) is 0 Å². The maximum absolute atomic E-state index is 13.2. The first kappa shape index (κ1) is 56.9. The van der Waals surface area contributed by atoms with Crippen LogP contribution >= 0.6 is 0 Å². The Balaban J connectivity index is 4.41. The van der Waals surface area contributed by atoms with Gasteiger partial charge in [-0.1, -0.05) is 258 Å². The maximum atomic E-state index is 13.2. The van der Waals surface area contributed by atoms with Gasteiger partial charge in [-0.2, -0.15) is 0 Å². The number of carbonyl (C=O) groups excluding carboxylic acids is 2. The molecule has 3 atom stereocenters. The van der Waals surface area contributed by atoms with Crippen molar-refractivity contribution in [3.8, 4) is 0 Å². The minimum Gasteiger partial charge on any atom is -0.462 e. The van der Waals surface area contributed by atoms with Crippen molar-refractivity contribution >= 4 is 11.9 Å². The molecule has 346 valence electrons. The fraction of sp³-hybridized carbons (Fsp3) is 0.962. The Morgan fingerprint density at radius 2 is 0.724 bits per heavy atom. The number of amides is 1. The molecule has 0 bridgehead atoms. The fourth-order valence-electron chi connectivity index (χ4n) is 8.43. The molecule has 6 nitrogen and oxygen atoms in total. The van der Waals surface area contributed by atoms with Gasteiger partial charge in [-0.15, -0.1) is 0 Å². The van der Waals surface area contributed by atoms with Gasteiger partial charge >= 0.3 is 5.97 Å². The Morgan fingerprint density at radius 1 is 0.431 bits per heavy atom. The van der Waals surface area contributed by atoms with Gasteiger partial charge in [0.1, 0.15) is 6.10 Å². The summed E-state index contributed by atoms with van der Waals surface area (Å²) in [4.78, 5) is 26.0. The number of aliphatic hydroxyl groups excluding tert-OH is 2. The molecule has 0 spiro atoms. The summed E-state index contributed by atoms with van der Waals surface area (Å²) >= 11 is 0. The molecule has 0 saturated heterocycles. The van der Waals surface area contributed by atoms with Crippen molar-refractivity contribution in [2.45, 2.75) is 315 Å². The second kappa shape index (κ2) is 46.9. The molecule has 0 aliphatic carbocycles. The molecule has 0 rings (SSSR count). The summed E-state index contributed by atoms with van der Waals surface area (Å²) < 4.78 is 5.92. The third-order valence-electron chi connectivity index (χ3n) is 12.4. The van der Waals surface area contributed by atoms with Gasteiger partial charge in [-0.05, 0) is 25.7 Å². The first-order chi connectivity index (χ1) is 28.5. The molecular weight excluding hydrogens is 719 g/mol. The van der Waals surface area contributed by atoms with Crippen LogP contribution in [-0.2, 0) is 14.3 Å². The van der Waals surface area contributed by atoms with E-state index in [1.807, 2.05) is 0 Å². The van der Waals surface area contributed by atoms with Crippen LogP contribution in [-0.4, -0.2) is 46.9 Å². The predicted molar refractivity (Wildman–Crippen MR) is 250 cm³/mol. The smallest absolute Gasteiger partial charge is 0.306 e. The predicted octanol–water partition coefficient (Wildman–Crippen LogP) is 15.6. The number of esters is 1. The standard InChI is InChI=1S/C52H103NO5/c1-4-7-10-13-16-19-21-23-24-25-26-28-30-33-35-38-41-44-50(55)49(47-54)53-51(56)46-48(58-52(57)45-42-39-36-31-18-15-12-9-6-3)43-40-37-34-32-29-27-22-20-17-14-11-8-5-2/h48-50,54-55H,4-47H2,1-3H3,(H,53,56). The summed E-state index contributed by atoms with van der Waals surface area (Å²) in [6.07, 6.45) is 50.2. The van der Waals surface area contributed by atoms with Crippen LogP contribution in [0.3, 0.4) is 0 Å². The van der Waals surface area contributed by atoms with Crippen molar-refractivity contribution in [2.75, 3.05) is 6.61 Å². The number of unbranched alkanes of at least 4 members (excludes halogenated alkanes) is 36. The van der Waals surface area contributed by atoms with Crippen LogP contribution in [0.25, 0.3) is 0 Å². The zero-order valence-corrected chi connectivity index (χ0v) is 39.5. The molecule has 6 heteroatoms. The molecule has 0 radical (unpaired) electrons. The van der Waals surface area contributed by atoms with Crippen LogP contribution in [0.1, 0.15) is 297 Å². The van der Waals surface area contributed by atoms with Crippen LogP contribution in [0.5, 0.6) is 0 Å². The third kappa shape index (κ3) is 41.6. The third-order valence-corrected chi connectivity index (χ3v) is 12.4. The number of hydrogen-bond acceptors (Lipinski definition) is 5. The lowest BCUT2D eigenvalue weighted by molar-refractivity contribution is -0.151. The van der Waals surface area contributed by atoms with E-state index >= 15 is 0 Å². The molecule has 3 unspecified atom stereocenters. The van der Waals surface area contributed by atoms with Crippen molar-refractivity contribution in [3.05, 3.63) is 0 Å². The molecule has 0 aliphatic rings. The van der Waals surface area contributed by atoms with Gasteiger partial charge in [-0.25, -0.2) is 0 Å². The molecule has 0 saturated carbocycles. The lowest BCUT2D eigenvalue weighted by atomic mass is 10.0. The highest BCUT2D eigenvalue weighted by Gasteiger charge is 2.24. The van der Waals surface area contributed by atoms with Crippen LogP contribution in [0, 0.1) is 0 Å². The summed E-state index contributed by atoms with van der Waals surface area (Å²) in [5.74, 6) is -0.455. The highest BCUT2D eigenvalue weighted by molar-refractivity contribution is 5.77. The van der Waals surface area contributed by atoms with E-state index in [4.69, 9.17) is 4.74 Å². The lowest BCUT2D eigenvalue weighted by Crippen LogP contribution is -2.46. The van der Waals surface area contributed by atoms with Crippen molar-refractivity contribution in [3.63, 3.8) is 0 Å². The van der Waals surface area contributed by atoms with E-state index in [0.717, 1.165) is 44.9 Å². The average molecular weight is 822 g/mol. The molecular formula is C52H103NO5. The Labute approximate surface area is 362 Å². The number of rotatable bonds is 48. The topological polar surface area (TPSA) is 95.9 Å². The van der Waals surface area contributed by atoms with Gasteiger partial charge in [0.25, 0.3) is 0 Å². The number of hydrogen-bond donors (Lipinski definition) is 3. The van der Waals surface area contributed by atoms with E-state index in [9.17, 15) is 19.8 Å². The van der Waals surface area contributed by atoms with Crippen molar-refractivity contribution in [2.24, 2.45) is 0 Å². The summed E-state index contributed by atoms with van der Waals surface area (Å²) in [5, 5.41) is 23.8. The van der Waals surface area contributed by atoms with Crippen LogP contribution < -0.4 is 5.32 Å². The van der Waals surface area contributed by atoms with Crippen LogP contribution in [0.4, 0.5) is 0 Å². The summed E-state index contributed by atoms with van der Waals surface area (Å²) in [6, 6.07) is -0.691. The highest BCUT2D eigenvalue weighted by atomic mass is 16.5. The SMILES string of the molecule is CCCCCCCCCCCCCCCCCCCC(O)C(CO)NC(=O)CC(CCCCCCCCCCCCCCC)OC(=O)CCCCCCCCCCC. The first-order valence-electron chi connectivity index (χ1n) is 26.3. The zero-order valence-electron chi connectivity index (χ0n) is 39.5. The van der Waals surface area contributed by atoms with E-state index in [0.29, 0.717) is 19.3 Å². The minimum absolute atomic E-state index is 0.0874. The highest BCUT2D eigenvalue weighted by Crippen LogP contribution is 2.19. The summed E-state index contributed by atoms with van der Waals surface area (Å²) in [6.45, 7) is 6.50. The first-order valence-corrected chi connectivity index (χ1v) is 26.3. The Hall–Kier alpha value is -1.14. The van der Waals surface area contributed by atoms with E-state index in [-0.39, 0.29) is 24.9 Å². The van der Waals surface area contributed by atoms with Gasteiger partial charge in [0.15, 0.2) is 0 Å². The van der Waals surface area contributed by atoms with Crippen molar-refractivity contribution in [1.29, 1.82) is 0 Å². The number of nitrogens with one attached hydrogen (secondary N) is 1. The van der Waals surface area contributed by atoms with E-state index < -0.39 is 18.2 Å². The maximum Gasteiger partial charge on any atom is 0.306 e. The molecule has 0 aromatic heterocycles. The molecule has 0 aromatic carbocycles. The zero-order chi connectivity index (χ0) is 42.4. The van der Waals surface area contributed by atoms with E-state index in [1.54, 1.807) is 0 Å². The molecule has 0 fully saturated rings. The molecule has 0 aliphatic heterocycles. The molecule has 58 heavy (non-hydrogen) atoms. The summed E-state index contributed by atoms with van der Waals surface area (Å²) in [5.41, 5.74) is 0. The Kier molecular flexibility index (Phi) is 46.0. The number of aliphatic hydroxyl groups is 2. The molecule has 0 aromatic rings. The van der Waals surface area contributed by atoms with Crippen molar-refractivity contribution < 1.29 is 24.5 Å². The van der Waals surface area contributed by atoms with E-state index in [2.05, 4.69) is 26.1 Å². The molecule has 3 N–H and O–H groups in total. The Bertz CT molecular complexity index is 837. The largest absolute Gasteiger partial charge is 0.462 e. The minimum atomic E-state index is -0.779. The van der Waals surface area contributed by atoms with Crippen molar-refractivity contribution in [1.82, 2.24) is 5.32 Å². The average Bonchev–Trinajstić information content (AvgIpc) is 3.22.